The molecule has 0 aromatic heterocycles. The maximum absolute atomic E-state index is 9.05. The Morgan fingerprint density at radius 1 is 1.24 bits per heavy atom. The number of halogens is 2. The van der Waals surface area contributed by atoms with E-state index < -0.39 is 0 Å². The molecule has 0 bridgehead atoms. The van der Waals surface area contributed by atoms with Gasteiger partial charge in [-0.15, -0.1) is 0 Å². The highest BCUT2D eigenvalue weighted by molar-refractivity contribution is 9.13. The van der Waals surface area contributed by atoms with E-state index in [1.807, 2.05) is 6.07 Å². The summed E-state index contributed by atoms with van der Waals surface area (Å²) in [5, 5.41) is 17.9. The number of hydrogen-bond donors (Lipinski definition) is 0. The Balaban J connectivity index is 3.30. The molecule has 88 valence electrons. The molecular weight excluding hydrogens is 344 g/mol. The molecule has 2 nitrogen and oxygen atoms in total. The Hall–Kier alpha value is -0.840. The maximum Gasteiger partial charge on any atom is 0.100 e. The van der Waals surface area contributed by atoms with Crippen LogP contribution in [0.25, 0.3) is 0 Å². The molecule has 1 aromatic rings. The number of aryl methyl sites for hydroxylation is 1. The zero-order valence-corrected chi connectivity index (χ0v) is 12.7. The SMILES string of the molecule is CCCCc1cc(C#N)c(Br)c(Br)c1CC#N. The highest BCUT2D eigenvalue weighted by Crippen LogP contribution is 2.33. The highest BCUT2D eigenvalue weighted by Gasteiger charge is 2.14. The van der Waals surface area contributed by atoms with E-state index in [-0.39, 0.29) is 0 Å². The molecule has 0 aliphatic heterocycles. The molecule has 0 saturated heterocycles. The van der Waals surface area contributed by atoms with Crippen LogP contribution in [0.1, 0.15) is 36.5 Å². The van der Waals surface area contributed by atoms with Gasteiger partial charge in [0.25, 0.3) is 0 Å². The Morgan fingerprint density at radius 2 is 1.94 bits per heavy atom. The van der Waals surface area contributed by atoms with E-state index in [1.165, 1.54) is 0 Å². The number of hydrogen-bond acceptors (Lipinski definition) is 2. The van der Waals surface area contributed by atoms with E-state index in [0.717, 1.165) is 39.3 Å². The van der Waals surface area contributed by atoms with Gasteiger partial charge in [0.2, 0.25) is 0 Å². The summed E-state index contributed by atoms with van der Waals surface area (Å²) >= 11 is 6.85. The predicted molar refractivity (Wildman–Crippen MR) is 74.5 cm³/mol. The van der Waals surface area contributed by atoms with Crippen molar-refractivity contribution in [1.82, 2.24) is 0 Å². The molecule has 0 saturated carbocycles. The molecular formula is C13H12Br2N2. The van der Waals surface area contributed by atoms with E-state index in [4.69, 9.17) is 10.5 Å². The minimum atomic E-state index is 0.365. The van der Waals surface area contributed by atoms with Crippen molar-refractivity contribution >= 4 is 31.9 Å². The first kappa shape index (κ1) is 14.2. The lowest BCUT2D eigenvalue weighted by atomic mass is 9.98. The van der Waals surface area contributed by atoms with E-state index in [9.17, 15) is 0 Å². The average molecular weight is 356 g/mol. The molecule has 1 aromatic carbocycles. The summed E-state index contributed by atoms with van der Waals surface area (Å²) in [5.74, 6) is 0. The van der Waals surface area contributed by atoms with Crippen LogP contribution in [0.15, 0.2) is 15.0 Å². The zero-order chi connectivity index (χ0) is 12.8. The number of unbranched alkanes of at least 4 members (excludes halogenated alkanes) is 1. The topological polar surface area (TPSA) is 47.6 Å². The number of rotatable bonds is 4. The van der Waals surface area contributed by atoms with Crippen molar-refractivity contribution in [3.8, 4) is 12.1 Å². The molecule has 4 heteroatoms. The Bertz CT molecular complexity index is 496. The van der Waals surface area contributed by atoms with Crippen molar-refractivity contribution in [2.45, 2.75) is 32.6 Å². The third kappa shape index (κ3) is 3.31. The van der Waals surface area contributed by atoms with E-state index in [2.05, 4.69) is 50.9 Å². The molecule has 0 heterocycles. The molecule has 0 amide bonds. The summed E-state index contributed by atoms with van der Waals surface area (Å²) in [6.45, 7) is 2.13. The maximum atomic E-state index is 9.05. The van der Waals surface area contributed by atoms with Gasteiger partial charge < -0.3 is 0 Å². The Kier molecular flexibility index (Phi) is 5.68. The van der Waals surface area contributed by atoms with E-state index in [1.54, 1.807) is 0 Å². The Labute approximate surface area is 119 Å². The van der Waals surface area contributed by atoms with Gasteiger partial charge in [-0.3, -0.25) is 0 Å². The molecule has 0 aliphatic rings. The van der Waals surface area contributed by atoms with Crippen LogP contribution in [0.4, 0.5) is 0 Å². The van der Waals surface area contributed by atoms with E-state index >= 15 is 0 Å². The molecule has 17 heavy (non-hydrogen) atoms. The third-order valence-electron chi connectivity index (χ3n) is 2.58. The lowest BCUT2D eigenvalue weighted by molar-refractivity contribution is 0.788. The van der Waals surface area contributed by atoms with Gasteiger partial charge in [0.1, 0.15) is 6.07 Å². The van der Waals surface area contributed by atoms with Crippen molar-refractivity contribution < 1.29 is 0 Å². The summed E-state index contributed by atoms with van der Waals surface area (Å²) < 4.78 is 1.58. The van der Waals surface area contributed by atoms with Crippen molar-refractivity contribution in [3.05, 3.63) is 31.7 Å². The molecule has 0 aliphatic carbocycles. The molecule has 0 unspecified atom stereocenters. The molecule has 0 atom stereocenters. The first-order valence-electron chi connectivity index (χ1n) is 5.42. The Morgan fingerprint density at radius 3 is 2.47 bits per heavy atom. The van der Waals surface area contributed by atoms with Gasteiger partial charge in [0.15, 0.2) is 0 Å². The van der Waals surface area contributed by atoms with Gasteiger partial charge in [-0.25, -0.2) is 0 Å². The zero-order valence-electron chi connectivity index (χ0n) is 9.56. The normalized spacial score (nSPS) is 9.71. The second kappa shape index (κ2) is 6.79. The highest BCUT2D eigenvalue weighted by atomic mass is 79.9. The summed E-state index contributed by atoms with van der Waals surface area (Å²) in [7, 11) is 0. The smallest absolute Gasteiger partial charge is 0.100 e. The molecule has 0 spiro atoms. The summed E-state index contributed by atoms with van der Waals surface area (Å²) in [6.07, 6.45) is 3.44. The largest absolute Gasteiger partial charge is 0.198 e. The second-order valence-electron chi connectivity index (χ2n) is 3.74. The lowest BCUT2D eigenvalue weighted by Crippen LogP contribution is -1.98. The van der Waals surface area contributed by atoms with Crippen LogP contribution in [0.2, 0.25) is 0 Å². The summed E-state index contributed by atoms with van der Waals surface area (Å²) in [4.78, 5) is 0. The van der Waals surface area contributed by atoms with Gasteiger partial charge >= 0.3 is 0 Å². The van der Waals surface area contributed by atoms with Gasteiger partial charge in [0, 0.05) is 8.95 Å². The monoisotopic (exact) mass is 354 g/mol. The molecule has 1 rings (SSSR count). The van der Waals surface area contributed by atoms with Crippen molar-refractivity contribution in [2.24, 2.45) is 0 Å². The fraction of sp³-hybridized carbons (Fsp3) is 0.385. The van der Waals surface area contributed by atoms with Gasteiger partial charge in [-0.05, 0) is 61.9 Å². The fourth-order valence-electron chi connectivity index (χ4n) is 1.66. The van der Waals surface area contributed by atoms with Crippen LogP contribution in [0.5, 0.6) is 0 Å². The lowest BCUT2D eigenvalue weighted by Gasteiger charge is -2.12. The van der Waals surface area contributed by atoms with Crippen LogP contribution in [0.3, 0.4) is 0 Å². The van der Waals surface area contributed by atoms with Crippen LogP contribution in [0, 0.1) is 22.7 Å². The quantitative estimate of drug-likeness (QED) is 0.798. The first-order valence-corrected chi connectivity index (χ1v) is 7.01. The van der Waals surface area contributed by atoms with Crippen LogP contribution >= 0.6 is 31.9 Å². The molecule has 0 fully saturated rings. The summed E-state index contributed by atoms with van der Waals surface area (Å²) in [5.41, 5.74) is 2.71. The standard InChI is InChI=1S/C13H12Br2N2/c1-2-3-4-9-7-10(8-17)12(14)13(15)11(9)5-6-16/h7H,2-5H2,1H3. The van der Waals surface area contributed by atoms with E-state index in [0.29, 0.717) is 12.0 Å². The van der Waals surface area contributed by atoms with Crippen molar-refractivity contribution in [2.75, 3.05) is 0 Å². The minimum Gasteiger partial charge on any atom is -0.198 e. The minimum absolute atomic E-state index is 0.365. The van der Waals surface area contributed by atoms with Gasteiger partial charge in [0.05, 0.1) is 18.1 Å². The van der Waals surface area contributed by atoms with Crippen LogP contribution in [-0.2, 0) is 12.8 Å². The van der Waals surface area contributed by atoms with Crippen molar-refractivity contribution in [1.29, 1.82) is 10.5 Å². The van der Waals surface area contributed by atoms with Gasteiger partial charge in [-0.1, -0.05) is 13.3 Å². The summed E-state index contributed by atoms with van der Waals surface area (Å²) in [6, 6.07) is 6.22. The fourth-order valence-corrected chi connectivity index (χ4v) is 2.71. The van der Waals surface area contributed by atoms with Gasteiger partial charge in [-0.2, -0.15) is 10.5 Å². The average Bonchev–Trinajstić information content (AvgIpc) is 2.34. The molecule has 0 radical (unpaired) electrons. The first-order chi connectivity index (χ1) is 8.15. The number of benzene rings is 1. The second-order valence-corrected chi connectivity index (χ2v) is 5.33. The van der Waals surface area contributed by atoms with Crippen LogP contribution in [-0.4, -0.2) is 0 Å². The molecule has 0 N–H and O–H groups in total. The van der Waals surface area contributed by atoms with Crippen molar-refractivity contribution in [3.63, 3.8) is 0 Å². The number of nitrogens with zero attached hydrogens (tertiary/aromatic N) is 2. The third-order valence-corrected chi connectivity index (χ3v) is 4.81. The predicted octanol–water partition coefficient (Wildman–Crippen LogP) is 4.49. The van der Waals surface area contributed by atoms with Crippen LogP contribution < -0.4 is 0 Å². The number of nitriles is 2.